The summed E-state index contributed by atoms with van der Waals surface area (Å²) >= 11 is 53.1. The highest BCUT2D eigenvalue weighted by atomic mass is 35.5. The fraction of sp³-hybridized carbons (Fsp3) is 0.377. The van der Waals surface area contributed by atoms with Gasteiger partial charge in [-0.05, 0) is 53.9 Å². The number of halogens is 9. The van der Waals surface area contributed by atoms with Crippen LogP contribution in [0.4, 0.5) is 16.8 Å². The van der Waals surface area contributed by atoms with Gasteiger partial charge in [-0.2, -0.15) is 5.26 Å². The maximum Gasteiger partial charge on any atom is 0.223 e. The summed E-state index contributed by atoms with van der Waals surface area (Å²) in [6.07, 6.45) is 11.1. The zero-order valence-electron chi connectivity index (χ0n) is 45.5. The lowest BCUT2D eigenvalue weighted by Crippen LogP contribution is -2.29. The van der Waals surface area contributed by atoms with Crippen LogP contribution in [0.5, 0.6) is 0 Å². The number of carbonyl (C=O) groups excluding carboxylic acids is 4. The number of pyridine rings is 5. The molecule has 0 atom stereocenters. The van der Waals surface area contributed by atoms with E-state index in [-0.39, 0.29) is 45.4 Å². The normalized spacial score (nSPS) is 14.7. The monoisotopic (exact) mass is 1330 g/mol. The Labute approximate surface area is 531 Å². The van der Waals surface area contributed by atoms with Crippen molar-refractivity contribution in [2.24, 2.45) is 0 Å². The number of Topliss-reactive ketones (excluding diaryl/α,β-unsaturated/α-hetero) is 1. The Bertz CT molecular complexity index is 3110. The van der Waals surface area contributed by atoms with Gasteiger partial charge in [-0.25, -0.2) is 29.9 Å². The number of nitriles is 1. The molecule has 0 spiro atoms. The van der Waals surface area contributed by atoms with Gasteiger partial charge in [-0.3, -0.25) is 29.0 Å². The van der Waals surface area contributed by atoms with E-state index in [9.17, 15) is 19.2 Å². The molecular weight excluding hydrogens is 1280 g/mol. The molecule has 5 N–H and O–H groups in total. The highest BCUT2D eigenvalue weighted by molar-refractivity contribution is 7.16. The van der Waals surface area contributed by atoms with Gasteiger partial charge in [0.05, 0.1) is 37.9 Å². The van der Waals surface area contributed by atoms with Crippen molar-refractivity contribution >= 4 is 156 Å². The zero-order chi connectivity index (χ0) is 61.2. The van der Waals surface area contributed by atoms with Crippen molar-refractivity contribution in [3.63, 3.8) is 0 Å². The summed E-state index contributed by atoms with van der Waals surface area (Å²) in [5.74, 6) is 1.74. The summed E-state index contributed by atoms with van der Waals surface area (Å²) in [5.41, 5.74) is 9.39. The number of nitrogen functional groups attached to an aromatic ring is 1. The third kappa shape index (κ3) is 23.4. The van der Waals surface area contributed by atoms with Gasteiger partial charge in [0.25, 0.3) is 0 Å². The number of nitrogens with two attached hydrogens (primary N) is 1. The standard InChI is InChI=1S/C16H17ClN6OS.C12H17ClN4O.C7H5Cl2NO.C6H4Cl3N.C6H5Cl2NO.C6H12N2O/c1-22-6-7-23(5-3-13(22)24)10-11-2-4-19-15(14(11)17)21-16-20-9-12(8-18)25-16;1-16-6-7-17(5-3-10(16)18)8-9-2-4-15-12(14)11(9)13;1-4(11)5-2-3-10-7(9)6(5)8;7-3-4-1-2-10-6(9)5(4)8;7-5-4(3-10)1-2-9-6(5)8;1-8-5-4-7-3-2-6(8)9/h2,4,9H,3,5-7,10H2,1H3,(H,19,20,21);2,4H,3,5-8H2,1H3,(H2,14,15);2-3H,1H3;1-2H,3H2;1-2,10H,3H2;7H,2-5H2,1H3. The number of thiazole rings is 1. The molecule has 3 amide bonds. The summed E-state index contributed by atoms with van der Waals surface area (Å²) in [4.78, 5) is 78.9. The number of aliphatic hydroxyl groups excluding tert-OH is 1. The number of carbonyl (C=O) groups is 4. The average molecular weight is 1340 g/mol. The van der Waals surface area contributed by atoms with Gasteiger partial charge in [0.2, 0.25) is 17.7 Å². The summed E-state index contributed by atoms with van der Waals surface area (Å²) < 4.78 is 0. The highest BCUT2D eigenvalue weighted by Crippen LogP contribution is 2.30. The molecule has 0 bridgehead atoms. The number of hydrogen-bond acceptors (Lipinski definition) is 18. The Kier molecular flexibility index (Phi) is 31.2. The molecule has 3 saturated heterocycles. The van der Waals surface area contributed by atoms with E-state index in [0.29, 0.717) is 109 Å². The maximum absolute atomic E-state index is 11.8. The van der Waals surface area contributed by atoms with Crippen molar-refractivity contribution in [3.05, 3.63) is 141 Å². The first kappa shape index (κ1) is 70.5. The second kappa shape index (κ2) is 36.8. The van der Waals surface area contributed by atoms with Crippen molar-refractivity contribution in [3.8, 4) is 6.07 Å². The van der Waals surface area contributed by atoms with Crippen molar-refractivity contribution in [1.29, 1.82) is 5.26 Å². The van der Waals surface area contributed by atoms with E-state index in [0.717, 1.165) is 62.5 Å². The average Bonchev–Trinajstić information content (AvgIpc) is 3.73. The summed E-state index contributed by atoms with van der Waals surface area (Å²) in [6.45, 7) is 9.86. The second-order valence-corrected chi connectivity index (χ2v) is 22.3. The van der Waals surface area contributed by atoms with Gasteiger partial charge in [0, 0.05) is 160 Å². The first-order valence-electron chi connectivity index (χ1n) is 25.2. The van der Waals surface area contributed by atoms with Crippen LogP contribution in [-0.2, 0) is 40.0 Å². The SMILES string of the molecule is CC(=O)c1ccnc(Cl)c1Cl.CN1CCN(Cc2ccnc(N)c2Cl)CCC1=O.CN1CCN(Cc2ccnc(Nc3ncc(C#N)s3)c2Cl)CCC1=O.CN1CCNCCC1=O.ClCc1ccnc(Cl)c1Cl.OCc1ccnc(Cl)c1Cl. The largest absolute Gasteiger partial charge is 0.392 e. The smallest absolute Gasteiger partial charge is 0.223 e. The van der Waals surface area contributed by atoms with E-state index in [1.54, 1.807) is 45.4 Å². The molecule has 9 rings (SSSR count). The first-order valence-corrected chi connectivity index (χ1v) is 29.5. The zero-order valence-corrected chi connectivity index (χ0v) is 53.1. The van der Waals surface area contributed by atoms with E-state index in [4.69, 9.17) is 121 Å². The van der Waals surface area contributed by atoms with Crippen LogP contribution >= 0.6 is 116 Å². The van der Waals surface area contributed by atoms with Gasteiger partial charge < -0.3 is 36.2 Å². The summed E-state index contributed by atoms with van der Waals surface area (Å²) in [5, 5.41) is 27.1. The molecule has 6 aromatic rings. The van der Waals surface area contributed by atoms with Crippen LogP contribution < -0.4 is 16.4 Å². The maximum atomic E-state index is 11.8. The Morgan fingerprint density at radius 1 is 0.627 bits per heavy atom. The lowest BCUT2D eigenvalue weighted by molar-refractivity contribution is -0.129. The molecule has 9 heterocycles. The van der Waals surface area contributed by atoms with Gasteiger partial charge in [-0.1, -0.05) is 104 Å². The number of aromatic nitrogens is 6. The minimum atomic E-state index is -0.112. The van der Waals surface area contributed by atoms with Crippen LogP contribution in [-0.4, -0.2) is 163 Å². The minimum Gasteiger partial charge on any atom is -0.392 e. The molecule has 0 aromatic carbocycles. The summed E-state index contributed by atoms with van der Waals surface area (Å²) in [7, 11) is 5.51. The summed E-state index contributed by atoms with van der Waals surface area (Å²) in [6, 6.07) is 10.7. The number of hydrogen-bond donors (Lipinski definition) is 4. The number of rotatable bonds is 9. The predicted molar refractivity (Wildman–Crippen MR) is 331 cm³/mol. The number of aliphatic hydroxyl groups is 1. The first-order chi connectivity index (χ1) is 39.6. The van der Waals surface area contributed by atoms with E-state index >= 15 is 0 Å². The third-order valence-corrected chi connectivity index (χ3v) is 16.5. The molecule has 3 aliphatic rings. The van der Waals surface area contributed by atoms with Gasteiger partial charge in [0.15, 0.2) is 16.7 Å². The third-order valence-electron chi connectivity index (χ3n) is 12.2. The van der Waals surface area contributed by atoms with Crippen molar-refractivity contribution in [2.75, 3.05) is 91.1 Å². The van der Waals surface area contributed by atoms with Crippen molar-refractivity contribution in [2.45, 2.75) is 51.8 Å². The van der Waals surface area contributed by atoms with Gasteiger partial charge in [-0.15, -0.1) is 11.6 Å². The second-order valence-electron chi connectivity index (χ2n) is 18.0. The van der Waals surface area contributed by atoms with E-state index in [1.165, 1.54) is 42.9 Å². The number of likely N-dealkylation sites (N-methyl/N-ethyl adjacent to an activating group) is 3. The molecule has 6 aromatic heterocycles. The number of alkyl halides is 1. The fourth-order valence-corrected chi connectivity index (χ4v) is 9.66. The number of anilines is 3. The highest BCUT2D eigenvalue weighted by Gasteiger charge is 2.21. The molecule has 3 fully saturated rings. The number of nitrogens with one attached hydrogen (secondary N) is 2. The Morgan fingerprint density at radius 2 is 1.11 bits per heavy atom. The quantitative estimate of drug-likeness (QED) is 0.0596. The van der Waals surface area contributed by atoms with Crippen molar-refractivity contribution < 1.29 is 24.3 Å². The van der Waals surface area contributed by atoms with Crippen LogP contribution in [0.15, 0.2) is 67.5 Å². The number of amides is 3. The molecule has 0 aliphatic carbocycles. The van der Waals surface area contributed by atoms with Crippen LogP contribution in [0.2, 0.25) is 40.6 Å². The lowest BCUT2D eigenvalue weighted by atomic mass is 10.2. The van der Waals surface area contributed by atoms with E-state index in [1.807, 2.05) is 33.3 Å². The number of nitrogens with zero attached hydrogens (tertiary/aromatic N) is 12. The molecule has 0 saturated carbocycles. The Morgan fingerprint density at radius 3 is 1.61 bits per heavy atom. The molecule has 0 unspecified atom stereocenters. The molecule has 0 radical (unpaired) electrons. The Hall–Kier alpha value is -5.00. The van der Waals surface area contributed by atoms with Gasteiger partial charge in [0.1, 0.15) is 32.2 Å². The predicted octanol–water partition coefficient (Wildman–Crippen LogP) is 10.5. The number of ketones is 1. The lowest BCUT2D eigenvalue weighted by Gasteiger charge is -2.21. The molecule has 83 heavy (non-hydrogen) atoms. The van der Waals surface area contributed by atoms with Crippen LogP contribution in [0, 0.1) is 11.3 Å². The fourth-order valence-electron chi connectivity index (χ4n) is 7.25. The van der Waals surface area contributed by atoms with E-state index in [2.05, 4.69) is 56.4 Å². The Balaban J connectivity index is 0.000000225. The van der Waals surface area contributed by atoms with E-state index < -0.39 is 0 Å². The van der Waals surface area contributed by atoms with Crippen LogP contribution in [0.3, 0.4) is 0 Å². The topological polar surface area (TPSA) is 256 Å². The minimum absolute atomic E-state index is 0.110. The molecule has 3 aliphatic heterocycles. The van der Waals surface area contributed by atoms with Crippen molar-refractivity contribution in [1.82, 2.24) is 59.7 Å². The van der Waals surface area contributed by atoms with Crippen LogP contribution in [0.1, 0.15) is 63.7 Å². The molecule has 446 valence electrons. The molecule has 20 nitrogen and oxygen atoms in total. The molecule has 30 heteroatoms. The van der Waals surface area contributed by atoms with Crippen LogP contribution in [0.25, 0.3) is 0 Å². The molecular formula is C53H60Cl9N15O5S. The van der Waals surface area contributed by atoms with Gasteiger partial charge >= 0.3 is 0 Å².